The van der Waals surface area contributed by atoms with E-state index in [0.29, 0.717) is 13.0 Å². The van der Waals surface area contributed by atoms with E-state index in [2.05, 4.69) is 0 Å². The van der Waals surface area contributed by atoms with Gasteiger partial charge in [-0.1, -0.05) is 13.8 Å². The summed E-state index contributed by atoms with van der Waals surface area (Å²) in [5, 5.41) is 10.5. The van der Waals surface area contributed by atoms with Gasteiger partial charge in [-0.05, 0) is 19.3 Å². The molecule has 0 aromatic heterocycles. The van der Waals surface area contributed by atoms with E-state index in [1.54, 1.807) is 0 Å². The number of rotatable bonds is 3. The SMILES string of the molecule is COC(=O)C(O)(C(C)C)C1CCOC1C. The van der Waals surface area contributed by atoms with Gasteiger partial charge in [0.1, 0.15) is 0 Å². The summed E-state index contributed by atoms with van der Waals surface area (Å²) in [6.45, 7) is 6.12. The fourth-order valence-corrected chi connectivity index (χ4v) is 2.29. The molecule has 3 atom stereocenters. The molecule has 0 aromatic rings. The molecule has 1 heterocycles. The topological polar surface area (TPSA) is 55.8 Å². The van der Waals surface area contributed by atoms with E-state index in [4.69, 9.17) is 9.47 Å². The molecule has 0 aromatic carbocycles. The number of aliphatic hydroxyl groups is 1. The first kappa shape index (κ1) is 12.5. The first-order valence-corrected chi connectivity index (χ1v) is 5.37. The second-order valence-corrected chi connectivity index (χ2v) is 4.44. The highest BCUT2D eigenvalue weighted by Crippen LogP contribution is 2.37. The highest BCUT2D eigenvalue weighted by atomic mass is 16.5. The Morgan fingerprint density at radius 3 is 2.53 bits per heavy atom. The molecule has 88 valence electrons. The zero-order valence-electron chi connectivity index (χ0n) is 9.82. The molecule has 0 spiro atoms. The van der Waals surface area contributed by atoms with Crippen LogP contribution in [0.2, 0.25) is 0 Å². The first-order valence-electron chi connectivity index (χ1n) is 5.37. The van der Waals surface area contributed by atoms with Crippen LogP contribution in [0.15, 0.2) is 0 Å². The van der Waals surface area contributed by atoms with Crippen LogP contribution in [0, 0.1) is 11.8 Å². The highest BCUT2D eigenvalue weighted by molar-refractivity contribution is 5.80. The van der Waals surface area contributed by atoms with Crippen LogP contribution in [0.1, 0.15) is 27.2 Å². The Bertz CT molecular complexity index is 239. The molecule has 0 aliphatic carbocycles. The maximum Gasteiger partial charge on any atom is 0.338 e. The van der Waals surface area contributed by atoms with Crippen LogP contribution in [0.5, 0.6) is 0 Å². The van der Waals surface area contributed by atoms with Gasteiger partial charge in [-0.2, -0.15) is 0 Å². The van der Waals surface area contributed by atoms with Gasteiger partial charge in [0.15, 0.2) is 5.60 Å². The average molecular weight is 216 g/mol. The van der Waals surface area contributed by atoms with Gasteiger partial charge in [0.25, 0.3) is 0 Å². The Morgan fingerprint density at radius 1 is 1.60 bits per heavy atom. The third-order valence-corrected chi connectivity index (χ3v) is 3.33. The lowest BCUT2D eigenvalue weighted by atomic mass is 9.75. The van der Waals surface area contributed by atoms with Crippen LogP contribution in [0.4, 0.5) is 0 Å². The van der Waals surface area contributed by atoms with Crippen LogP contribution >= 0.6 is 0 Å². The lowest BCUT2D eigenvalue weighted by molar-refractivity contribution is -0.178. The van der Waals surface area contributed by atoms with Gasteiger partial charge in [0.2, 0.25) is 0 Å². The summed E-state index contributed by atoms with van der Waals surface area (Å²) < 4.78 is 10.1. The van der Waals surface area contributed by atoms with Gasteiger partial charge in [-0.3, -0.25) is 0 Å². The minimum atomic E-state index is -1.43. The molecular formula is C11H20O4. The molecule has 15 heavy (non-hydrogen) atoms. The molecule has 4 heteroatoms. The van der Waals surface area contributed by atoms with Crippen molar-refractivity contribution in [3.05, 3.63) is 0 Å². The van der Waals surface area contributed by atoms with Crippen LogP contribution in [-0.4, -0.2) is 36.5 Å². The van der Waals surface area contributed by atoms with Crippen molar-refractivity contribution in [2.75, 3.05) is 13.7 Å². The van der Waals surface area contributed by atoms with Gasteiger partial charge in [0.05, 0.1) is 13.2 Å². The minimum Gasteiger partial charge on any atom is -0.467 e. The Hall–Kier alpha value is -0.610. The second kappa shape index (κ2) is 4.49. The summed E-state index contributed by atoms with van der Waals surface area (Å²) in [5.74, 6) is -0.913. The summed E-state index contributed by atoms with van der Waals surface area (Å²) in [4.78, 5) is 11.7. The number of esters is 1. The molecule has 4 nitrogen and oxygen atoms in total. The number of carbonyl (C=O) groups excluding carboxylic acids is 1. The fourth-order valence-electron chi connectivity index (χ4n) is 2.29. The molecule has 0 bridgehead atoms. The maximum absolute atomic E-state index is 11.7. The molecule has 3 unspecified atom stereocenters. The van der Waals surface area contributed by atoms with Crippen molar-refractivity contribution >= 4 is 5.97 Å². The number of methoxy groups -OCH3 is 1. The van der Waals surface area contributed by atoms with E-state index in [0.717, 1.165) is 0 Å². The van der Waals surface area contributed by atoms with Crippen molar-refractivity contribution in [3.8, 4) is 0 Å². The van der Waals surface area contributed by atoms with Crippen molar-refractivity contribution in [2.45, 2.75) is 38.9 Å². The molecule has 0 radical (unpaired) electrons. The van der Waals surface area contributed by atoms with Crippen molar-refractivity contribution in [3.63, 3.8) is 0 Å². The van der Waals surface area contributed by atoms with E-state index in [1.807, 2.05) is 20.8 Å². The van der Waals surface area contributed by atoms with Gasteiger partial charge in [-0.25, -0.2) is 4.79 Å². The smallest absolute Gasteiger partial charge is 0.338 e. The fraction of sp³-hybridized carbons (Fsp3) is 0.909. The third-order valence-electron chi connectivity index (χ3n) is 3.33. The molecule has 1 saturated heterocycles. The second-order valence-electron chi connectivity index (χ2n) is 4.44. The first-order chi connectivity index (χ1) is 6.94. The third kappa shape index (κ3) is 2.01. The molecule has 0 saturated carbocycles. The van der Waals surface area contributed by atoms with Gasteiger partial charge < -0.3 is 14.6 Å². The summed E-state index contributed by atoms with van der Waals surface area (Å²) in [6.07, 6.45) is 0.599. The normalized spacial score (nSPS) is 30.3. The molecule has 1 aliphatic heterocycles. The van der Waals surface area contributed by atoms with Crippen molar-refractivity contribution in [2.24, 2.45) is 11.8 Å². The zero-order chi connectivity index (χ0) is 11.6. The van der Waals surface area contributed by atoms with E-state index in [-0.39, 0.29) is 17.9 Å². The molecule has 1 fully saturated rings. The molecule has 0 amide bonds. The lowest BCUT2D eigenvalue weighted by Gasteiger charge is -2.36. The summed E-state index contributed by atoms with van der Waals surface area (Å²) in [7, 11) is 1.30. The quantitative estimate of drug-likeness (QED) is 0.714. The summed E-state index contributed by atoms with van der Waals surface area (Å²) >= 11 is 0. The largest absolute Gasteiger partial charge is 0.467 e. The number of hydrogen-bond donors (Lipinski definition) is 1. The number of carbonyl (C=O) groups is 1. The molecule has 1 N–H and O–H groups in total. The summed E-state index contributed by atoms with van der Waals surface area (Å²) in [5.41, 5.74) is -1.43. The summed E-state index contributed by atoms with van der Waals surface area (Å²) in [6, 6.07) is 0. The maximum atomic E-state index is 11.7. The molecule has 1 aliphatic rings. The Balaban J connectivity index is 2.95. The van der Waals surface area contributed by atoms with Crippen molar-refractivity contribution < 1.29 is 19.4 Å². The Labute approximate surface area is 90.6 Å². The standard InChI is InChI=1S/C11H20O4/c1-7(2)11(13,10(12)14-4)9-5-6-15-8(9)3/h7-9,13H,5-6H2,1-4H3. The number of hydrogen-bond acceptors (Lipinski definition) is 4. The van der Waals surface area contributed by atoms with Crippen molar-refractivity contribution in [1.82, 2.24) is 0 Å². The van der Waals surface area contributed by atoms with Crippen LogP contribution < -0.4 is 0 Å². The monoisotopic (exact) mass is 216 g/mol. The van der Waals surface area contributed by atoms with Crippen molar-refractivity contribution in [1.29, 1.82) is 0 Å². The average Bonchev–Trinajstić information content (AvgIpc) is 2.62. The predicted octanol–water partition coefficient (Wildman–Crippen LogP) is 0.971. The Kier molecular flexibility index (Phi) is 3.73. The predicted molar refractivity (Wildman–Crippen MR) is 55.3 cm³/mol. The van der Waals surface area contributed by atoms with Crippen LogP contribution in [-0.2, 0) is 14.3 Å². The Morgan fingerprint density at radius 2 is 2.20 bits per heavy atom. The van der Waals surface area contributed by atoms with E-state index in [1.165, 1.54) is 7.11 Å². The highest BCUT2D eigenvalue weighted by Gasteiger charge is 2.51. The van der Waals surface area contributed by atoms with Crippen LogP contribution in [0.25, 0.3) is 0 Å². The lowest BCUT2D eigenvalue weighted by Crippen LogP contribution is -2.53. The van der Waals surface area contributed by atoms with E-state index < -0.39 is 11.6 Å². The van der Waals surface area contributed by atoms with E-state index >= 15 is 0 Å². The molecular weight excluding hydrogens is 196 g/mol. The van der Waals surface area contributed by atoms with Gasteiger partial charge in [0, 0.05) is 12.5 Å². The van der Waals surface area contributed by atoms with Crippen LogP contribution in [0.3, 0.4) is 0 Å². The number of ether oxygens (including phenoxy) is 2. The van der Waals surface area contributed by atoms with Gasteiger partial charge in [-0.15, -0.1) is 0 Å². The molecule has 1 rings (SSSR count). The minimum absolute atomic E-state index is 0.100. The zero-order valence-corrected chi connectivity index (χ0v) is 9.82. The van der Waals surface area contributed by atoms with E-state index in [9.17, 15) is 9.90 Å². The van der Waals surface area contributed by atoms with Gasteiger partial charge >= 0.3 is 5.97 Å².